The van der Waals surface area contributed by atoms with Crippen LogP contribution in [0.25, 0.3) is 0 Å². The molecule has 2 amide bonds. The highest BCUT2D eigenvalue weighted by atomic mass is 16.5. The molecule has 0 saturated carbocycles. The summed E-state index contributed by atoms with van der Waals surface area (Å²) in [6.45, 7) is 13.3. The number of carbonyl (C=O) groups is 2. The predicted octanol–water partition coefficient (Wildman–Crippen LogP) is 3.67. The zero-order valence-corrected chi connectivity index (χ0v) is 19.4. The number of nitrogens with one attached hydrogen (secondary N) is 2. The molecule has 7 nitrogen and oxygen atoms in total. The third-order valence-electron chi connectivity index (χ3n) is 5.42. The summed E-state index contributed by atoms with van der Waals surface area (Å²) >= 11 is 0. The van der Waals surface area contributed by atoms with Gasteiger partial charge in [-0.25, -0.2) is 4.98 Å². The molecule has 168 valence electrons. The predicted molar refractivity (Wildman–Crippen MR) is 121 cm³/mol. The van der Waals surface area contributed by atoms with Crippen molar-refractivity contribution in [2.75, 3.05) is 18.1 Å². The molecule has 1 fully saturated rings. The number of amides is 2. The summed E-state index contributed by atoms with van der Waals surface area (Å²) < 4.78 is 5.60. The maximum Gasteiger partial charge on any atom is 0.277 e. The number of imidazole rings is 1. The van der Waals surface area contributed by atoms with Gasteiger partial charge in [-0.05, 0) is 50.3 Å². The molecule has 2 aromatic rings. The lowest BCUT2D eigenvalue weighted by atomic mass is 9.87. The van der Waals surface area contributed by atoms with Crippen LogP contribution in [0, 0.1) is 5.92 Å². The van der Waals surface area contributed by atoms with E-state index in [2.05, 4.69) is 36.1 Å². The van der Waals surface area contributed by atoms with Gasteiger partial charge in [0.2, 0.25) is 5.91 Å². The van der Waals surface area contributed by atoms with Crippen molar-refractivity contribution in [1.82, 2.24) is 15.3 Å². The average molecular weight is 427 g/mol. The highest BCUT2D eigenvalue weighted by Gasteiger charge is 2.41. The highest BCUT2D eigenvalue weighted by molar-refractivity contribution is 6.09. The molecule has 2 heterocycles. The Morgan fingerprint density at radius 3 is 2.32 bits per heavy atom. The van der Waals surface area contributed by atoms with Gasteiger partial charge in [-0.15, -0.1) is 0 Å². The number of benzene rings is 1. The summed E-state index contributed by atoms with van der Waals surface area (Å²) in [6, 6.07) is 7.18. The molecule has 1 aliphatic heterocycles. The van der Waals surface area contributed by atoms with Gasteiger partial charge in [0.25, 0.3) is 5.91 Å². The average Bonchev–Trinajstić information content (AvgIpc) is 3.37. The first-order valence-electron chi connectivity index (χ1n) is 10.8. The number of nitrogens with zero attached hydrogens (tertiary/aromatic N) is 2. The van der Waals surface area contributed by atoms with Gasteiger partial charge in [0.05, 0.1) is 19.1 Å². The molecule has 1 aromatic carbocycles. The Labute approximate surface area is 184 Å². The standard InChI is InChI=1S/C24H34N4O3/c1-23(2,3)17-7-9-18(10-8-17)28(22(30)19-13-25-15-26-19)20(16-11-12-31-14-16)21(29)27-24(4,5)6/h7-10,13,15-16,20H,11-12,14H2,1-6H3,(H,25,26)(H,27,29). The molecule has 0 bridgehead atoms. The van der Waals surface area contributed by atoms with Crippen molar-refractivity contribution in [2.24, 2.45) is 5.92 Å². The van der Waals surface area contributed by atoms with Crippen molar-refractivity contribution in [2.45, 2.75) is 65.0 Å². The topological polar surface area (TPSA) is 87.3 Å². The molecule has 0 aliphatic carbocycles. The molecule has 1 aromatic heterocycles. The van der Waals surface area contributed by atoms with Crippen molar-refractivity contribution in [1.29, 1.82) is 0 Å². The van der Waals surface area contributed by atoms with Crippen molar-refractivity contribution in [3.63, 3.8) is 0 Å². The van der Waals surface area contributed by atoms with E-state index in [0.717, 1.165) is 12.0 Å². The summed E-state index contributed by atoms with van der Waals surface area (Å²) in [6.07, 6.45) is 3.68. The molecule has 2 N–H and O–H groups in total. The molecule has 7 heteroatoms. The van der Waals surface area contributed by atoms with Crippen LogP contribution < -0.4 is 10.2 Å². The second kappa shape index (κ2) is 8.83. The molecule has 1 aliphatic rings. The molecule has 0 radical (unpaired) electrons. The molecule has 2 atom stereocenters. The van der Waals surface area contributed by atoms with Crippen LogP contribution >= 0.6 is 0 Å². The van der Waals surface area contributed by atoms with E-state index in [0.29, 0.717) is 24.6 Å². The summed E-state index contributed by atoms with van der Waals surface area (Å²) in [5.41, 5.74) is 1.73. The van der Waals surface area contributed by atoms with Crippen LogP contribution in [0.2, 0.25) is 0 Å². The van der Waals surface area contributed by atoms with Gasteiger partial charge in [-0.1, -0.05) is 32.9 Å². The van der Waals surface area contributed by atoms with Crippen LogP contribution in [0.4, 0.5) is 5.69 Å². The zero-order chi connectivity index (χ0) is 22.8. The Bertz CT molecular complexity index is 886. The smallest absolute Gasteiger partial charge is 0.277 e. The van der Waals surface area contributed by atoms with Gasteiger partial charge in [-0.2, -0.15) is 0 Å². The lowest BCUT2D eigenvalue weighted by Gasteiger charge is -2.36. The number of rotatable bonds is 5. The summed E-state index contributed by atoms with van der Waals surface area (Å²) in [5.74, 6) is -0.575. The first kappa shape index (κ1) is 23.0. The summed E-state index contributed by atoms with van der Waals surface area (Å²) in [4.78, 5) is 35.6. The SMILES string of the molecule is CC(C)(C)NC(=O)C(C1CCOC1)N(C(=O)c1cnc[nH]1)c1ccc(C(C)(C)C)cc1. The van der Waals surface area contributed by atoms with Crippen molar-refractivity contribution < 1.29 is 14.3 Å². The number of aromatic nitrogens is 2. The first-order valence-corrected chi connectivity index (χ1v) is 10.8. The largest absolute Gasteiger partial charge is 0.381 e. The van der Waals surface area contributed by atoms with Gasteiger partial charge in [0, 0.05) is 23.8 Å². The molecular weight excluding hydrogens is 392 g/mol. The molecule has 1 saturated heterocycles. The monoisotopic (exact) mass is 426 g/mol. The van der Waals surface area contributed by atoms with E-state index in [1.165, 1.54) is 12.5 Å². The summed E-state index contributed by atoms with van der Waals surface area (Å²) in [5, 5.41) is 3.07. The second-order valence-electron chi connectivity index (χ2n) is 10.2. The quantitative estimate of drug-likeness (QED) is 0.764. The minimum Gasteiger partial charge on any atom is -0.381 e. The lowest BCUT2D eigenvalue weighted by Crippen LogP contribution is -2.57. The molecule has 0 spiro atoms. The molecular formula is C24H34N4O3. The van der Waals surface area contributed by atoms with E-state index >= 15 is 0 Å². The van der Waals surface area contributed by atoms with E-state index in [-0.39, 0.29) is 23.1 Å². The van der Waals surface area contributed by atoms with Crippen molar-refractivity contribution in [3.05, 3.63) is 48.0 Å². The van der Waals surface area contributed by atoms with E-state index in [4.69, 9.17) is 4.74 Å². The van der Waals surface area contributed by atoms with Crippen LogP contribution in [0.1, 0.15) is 64.0 Å². The Hall–Kier alpha value is -2.67. The number of H-pyrrole nitrogens is 1. The first-order chi connectivity index (χ1) is 14.5. The third kappa shape index (κ3) is 5.53. The lowest BCUT2D eigenvalue weighted by molar-refractivity contribution is -0.125. The number of ether oxygens (including phenoxy) is 1. The van der Waals surface area contributed by atoms with E-state index in [9.17, 15) is 9.59 Å². The fraction of sp³-hybridized carbons (Fsp3) is 0.542. The van der Waals surface area contributed by atoms with Gasteiger partial charge in [0.15, 0.2) is 0 Å². The normalized spacial score (nSPS) is 17.9. The maximum absolute atomic E-state index is 13.6. The Kier molecular flexibility index (Phi) is 6.55. The van der Waals surface area contributed by atoms with Gasteiger partial charge >= 0.3 is 0 Å². The van der Waals surface area contributed by atoms with E-state index in [1.54, 1.807) is 4.90 Å². The summed E-state index contributed by atoms with van der Waals surface area (Å²) in [7, 11) is 0. The number of hydrogen-bond acceptors (Lipinski definition) is 4. The Morgan fingerprint density at radius 2 is 1.84 bits per heavy atom. The molecule has 31 heavy (non-hydrogen) atoms. The Morgan fingerprint density at radius 1 is 1.16 bits per heavy atom. The van der Waals surface area contributed by atoms with Crippen LogP contribution in [0.5, 0.6) is 0 Å². The van der Waals surface area contributed by atoms with Crippen LogP contribution in [0.3, 0.4) is 0 Å². The van der Waals surface area contributed by atoms with Gasteiger partial charge in [-0.3, -0.25) is 14.5 Å². The zero-order valence-electron chi connectivity index (χ0n) is 19.4. The minimum absolute atomic E-state index is 0.0148. The highest BCUT2D eigenvalue weighted by Crippen LogP contribution is 2.31. The number of hydrogen-bond donors (Lipinski definition) is 2. The van der Waals surface area contributed by atoms with E-state index < -0.39 is 11.6 Å². The second-order valence-corrected chi connectivity index (χ2v) is 10.2. The van der Waals surface area contributed by atoms with Crippen LogP contribution in [0.15, 0.2) is 36.8 Å². The number of aromatic amines is 1. The Balaban J connectivity index is 2.07. The fourth-order valence-electron chi connectivity index (χ4n) is 3.82. The number of anilines is 1. The molecule has 2 unspecified atom stereocenters. The van der Waals surface area contributed by atoms with E-state index in [1.807, 2.05) is 45.0 Å². The third-order valence-corrected chi connectivity index (χ3v) is 5.42. The molecule has 3 rings (SSSR count). The van der Waals surface area contributed by atoms with Crippen LogP contribution in [-0.2, 0) is 14.9 Å². The van der Waals surface area contributed by atoms with Crippen molar-refractivity contribution >= 4 is 17.5 Å². The van der Waals surface area contributed by atoms with Gasteiger partial charge < -0.3 is 15.0 Å². The number of carbonyl (C=O) groups excluding carboxylic acids is 2. The minimum atomic E-state index is -0.696. The van der Waals surface area contributed by atoms with Crippen molar-refractivity contribution in [3.8, 4) is 0 Å². The fourth-order valence-corrected chi connectivity index (χ4v) is 3.82. The maximum atomic E-state index is 13.6. The van der Waals surface area contributed by atoms with Crippen LogP contribution in [-0.4, -0.2) is 46.6 Å². The van der Waals surface area contributed by atoms with Gasteiger partial charge in [0.1, 0.15) is 11.7 Å².